The molecule has 1 aliphatic rings. The summed E-state index contributed by atoms with van der Waals surface area (Å²) in [5.41, 5.74) is 3.94. The summed E-state index contributed by atoms with van der Waals surface area (Å²) < 4.78 is 34.0. The van der Waals surface area contributed by atoms with Crippen molar-refractivity contribution in [2.24, 2.45) is 5.92 Å². The number of fused-ring (bicyclic) bond motifs is 1. The quantitative estimate of drug-likeness (QED) is 0.174. The van der Waals surface area contributed by atoms with Gasteiger partial charge in [0, 0.05) is 32.0 Å². The molecule has 0 atom stereocenters. The molecule has 36 heavy (non-hydrogen) atoms. The average molecular weight is 514 g/mol. The Balaban J connectivity index is 1.84. The van der Waals surface area contributed by atoms with Crippen molar-refractivity contribution in [3.8, 4) is 17.0 Å². The lowest BCUT2D eigenvalue weighted by atomic mass is 10.0. The van der Waals surface area contributed by atoms with E-state index in [1.54, 1.807) is 19.9 Å². The molecular weight excluding hydrogens is 477 g/mol. The summed E-state index contributed by atoms with van der Waals surface area (Å²) in [5, 5.41) is 0. The maximum absolute atomic E-state index is 14.6. The lowest BCUT2D eigenvalue weighted by molar-refractivity contribution is 0.0525. The lowest BCUT2D eigenvalue weighted by Gasteiger charge is -2.17. The number of rotatable bonds is 11. The molecule has 0 saturated heterocycles. The van der Waals surface area contributed by atoms with E-state index in [9.17, 15) is 9.18 Å². The normalized spacial score (nSPS) is 13.9. The van der Waals surface area contributed by atoms with Crippen LogP contribution in [0.3, 0.4) is 0 Å². The van der Waals surface area contributed by atoms with E-state index in [1.165, 1.54) is 12.4 Å². The first kappa shape index (κ1) is 26.3. The minimum Gasteiger partial charge on any atom is -0.492 e. The van der Waals surface area contributed by atoms with Crippen LogP contribution in [0.15, 0.2) is 18.5 Å². The van der Waals surface area contributed by atoms with Gasteiger partial charge in [0.05, 0.1) is 18.7 Å². The maximum Gasteiger partial charge on any atom is 0.342 e. The number of aromatic nitrogens is 3. The summed E-state index contributed by atoms with van der Waals surface area (Å²) in [6, 6.07) is 4.20. The van der Waals surface area contributed by atoms with Crippen LogP contribution in [0.2, 0.25) is 25.7 Å². The van der Waals surface area contributed by atoms with Gasteiger partial charge < -0.3 is 18.8 Å². The first-order valence-corrected chi connectivity index (χ1v) is 16.3. The number of esters is 1. The lowest BCUT2D eigenvalue weighted by Crippen LogP contribution is -2.22. The van der Waals surface area contributed by atoms with E-state index in [1.807, 2.05) is 11.5 Å². The van der Waals surface area contributed by atoms with Crippen LogP contribution in [0.4, 0.5) is 4.39 Å². The Morgan fingerprint density at radius 3 is 2.61 bits per heavy atom. The Morgan fingerprint density at radius 1 is 1.19 bits per heavy atom. The number of ether oxygens (including phenoxy) is 3. The van der Waals surface area contributed by atoms with Gasteiger partial charge in [-0.25, -0.2) is 19.2 Å². The number of benzene rings is 1. The molecule has 0 N–H and O–H groups in total. The van der Waals surface area contributed by atoms with E-state index >= 15 is 0 Å². The molecule has 1 fully saturated rings. The van der Waals surface area contributed by atoms with Crippen LogP contribution in [-0.4, -0.2) is 48.4 Å². The van der Waals surface area contributed by atoms with Crippen molar-refractivity contribution in [3.05, 3.63) is 41.1 Å². The van der Waals surface area contributed by atoms with E-state index in [0.717, 1.165) is 18.9 Å². The number of nitrogens with zero attached hydrogens (tertiary/aromatic N) is 3. The Hall–Kier alpha value is -2.78. The number of hydrogen-bond acceptors (Lipinski definition) is 6. The molecule has 194 valence electrons. The van der Waals surface area contributed by atoms with Gasteiger partial charge >= 0.3 is 5.97 Å². The summed E-state index contributed by atoms with van der Waals surface area (Å²) in [6.07, 6.45) is 3.68. The monoisotopic (exact) mass is 513 g/mol. The number of halogens is 1. The molecule has 0 bridgehead atoms. The van der Waals surface area contributed by atoms with Gasteiger partial charge in [0.25, 0.3) is 0 Å². The van der Waals surface area contributed by atoms with Crippen molar-refractivity contribution in [1.29, 1.82) is 0 Å². The van der Waals surface area contributed by atoms with Crippen LogP contribution in [0.1, 0.15) is 41.4 Å². The largest absolute Gasteiger partial charge is 0.492 e. The predicted molar refractivity (Wildman–Crippen MR) is 141 cm³/mol. The van der Waals surface area contributed by atoms with Gasteiger partial charge in [-0.05, 0) is 57.2 Å². The zero-order valence-electron chi connectivity index (χ0n) is 22.1. The fourth-order valence-corrected chi connectivity index (χ4v) is 4.85. The third-order valence-electron chi connectivity index (χ3n) is 6.48. The van der Waals surface area contributed by atoms with Crippen molar-refractivity contribution in [3.63, 3.8) is 0 Å². The highest BCUT2D eigenvalue weighted by Crippen LogP contribution is 2.39. The maximum atomic E-state index is 14.6. The van der Waals surface area contributed by atoms with Gasteiger partial charge in [-0.1, -0.05) is 19.6 Å². The zero-order valence-corrected chi connectivity index (χ0v) is 23.1. The van der Waals surface area contributed by atoms with Gasteiger partial charge in [0.2, 0.25) is 0 Å². The summed E-state index contributed by atoms with van der Waals surface area (Å²) in [6.45, 7) is 13.9. The fraction of sp³-hybridized carbons (Fsp3) is 0.519. The average Bonchev–Trinajstić information content (AvgIpc) is 3.59. The van der Waals surface area contributed by atoms with E-state index in [4.69, 9.17) is 14.2 Å². The second-order valence-electron chi connectivity index (χ2n) is 10.7. The van der Waals surface area contributed by atoms with E-state index in [2.05, 4.69) is 29.6 Å². The molecule has 0 amide bonds. The van der Waals surface area contributed by atoms with Gasteiger partial charge in [-0.2, -0.15) is 0 Å². The van der Waals surface area contributed by atoms with Gasteiger partial charge in [0.1, 0.15) is 41.4 Å². The predicted octanol–water partition coefficient (Wildman–Crippen LogP) is 6.13. The molecule has 1 saturated carbocycles. The molecule has 3 aromatic rings. The van der Waals surface area contributed by atoms with Crippen molar-refractivity contribution in [2.75, 3.05) is 19.8 Å². The zero-order chi connectivity index (χ0) is 26.0. The minimum atomic E-state index is -1.27. The highest BCUT2D eigenvalue weighted by molar-refractivity contribution is 6.76. The Morgan fingerprint density at radius 2 is 1.94 bits per heavy atom. The second-order valence-corrected chi connectivity index (χ2v) is 16.3. The molecule has 7 nitrogen and oxygen atoms in total. The van der Waals surface area contributed by atoms with E-state index < -0.39 is 14.0 Å². The number of hydrogen-bond donors (Lipinski definition) is 0. The fourth-order valence-electron chi connectivity index (χ4n) is 4.09. The molecule has 1 aliphatic carbocycles. The van der Waals surface area contributed by atoms with Crippen LogP contribution in [0, 0.1) is 25.6 Å². The first-order valence-electron chi connectivity index (χ1n) is 12.6. The molecule has 4 rings (SSSR count). The van der Waals surface area contributed by atoms with Crippen molar-refractivity contribution < 1.29 is 23.4 Å². The Kier molecular flexibility index (Phi) is 7.80. The molecule has 0 unspecified atom stereocenters. The van der Waals surface area contributed by atoms with Crippen LogP contribution in [0.25, 0.3) is 22.3 Å². The summed E-state index contributed by atoms with van der Waals surface area (Å²) in [4.78, 5) is 22.0. The standard InChI is InChI=1S/C27H36FN3O4Si/c1-7-34-27(32)23-18(3)31(16-33-10-11-36(4,5)6)26-24(29-15-30-25(23)26)20-12-17(2)21(28)13-22(20)35-14-19-8-9-19/h12-13,15,19H,7-11,14,16H2,1-6H3. The van der Waals surface area contributed by atoms with Crippen LogP contribution >= 0.6 is 0 Å². The summed E-state index contributed by atoms with van der Waals surface area (Å²) >= 11 is 0. The summed E-state index contributed by atoms with van der Waals surface area (Å²) in [5.74, 6) is 0.177. The third kappa shape index (κ3) is 5.78. The molecule has 0 aliphatic heterocycles. The van der Waals surface area contributed by atoms with E-state index in [0.29, 0.717) is 64.0 Å². The topological polar surface area (TPSA) is 75.5 Å². The molecular formula is C27H36FN3O4Si. The first-order chi connectivity index (χ1) is 17.1. The molecule has 2 heterocycles. The molecule has 9 heteroatoms. The smallest absolute Gasteiger partial charge is 0.342 e. The molecule has 0 radical (unpaired) electrons. The molecule has 2 aromatic heterocycles. The SMILES string of the molecule is CCOC(=O)c1c(C)n(COCC[Si](C)(C)C)c2c(-c3cc(C)c(F)cc3OCC3CC3)ncnc12. The summed E-state index contributed by atoms with van der Waals surface area (Å²) in [7, 11) is -1.27. The number of aryl methyl sites for hydroxylation is 1. The van der Waals surface area contributed by atoms with Gasteiger partial charge in [0.15, 0.2) is 0 Å². The third-order valence-corrected chi connectivity index (χ3v) is 8.18. The second kappa shape index (κ2) is 10.7. The van der Waals surface area contributed by atoms with Crippen LogP contribution in [-0.2, 0) is 16.2 Å². The van der Waals surface area contributed by atoms with Crippen molar-refractivity contribution in [1.82, 2.24) is 14.5 Å². The minimum absolute atomic E-state index is 0.241. The van der Waals surface area contributed by atoms with E-state index in [-0.39, 0.29) is 19.2 Å². The molecule has 0 spiro atoms. The Bertz CT molecular complexity index is 1260. The molecule has 1 aromatic carbocycles. The highest BCUT2D eigenvalue weighted by atomic mass is 28.3. The highest BCUT2D eigenvalue weighted by Gasteiger charge is 2.28. The van der Waals surface area contributed by atoms with Crippen LogP contribution < -0.4 is 4.74 Å². The Labute approximate surface area is 213 Å². The van der Waals surface area contributed by atoms with Crippen molar-refractivity contribution in [2.45, 2.75) is 66.0 Å². The number of carbonyl (C=O) groups is 1. The van der Waals surface area contributed by atoms with Crippen molar-refractivity contribution >= 4 is 25.1 Å². The van der Waals surface area contributed by atoms with Gasteiger partial charge in [-0.3, -0.25) is 0 Å². The van der Waals surface area contributed by atoms with Gasteiger partial charge in [-0.15, -0.1) is 0 Å². The van der Waals surface area contributed by atoms with Crippen LogP contribution in [0.5, 0.6) is 5.75 Å². The number of carbonyl (C=O) groups excluding carboxylic acids is 1.